The molecule has 1 amide bonds. The van der Waals surface area contributed by atoms with Gasteiger partial charge in [-0.2, -0.15) is 0 Å². The predicted octanol–water partition coefficient (Wildman–Crippen LogP) is -0.422. The number of morpholine rings is 1. The first-order chi connectivity index (χ1) is 9.83. The van der Waals surface area contributed by atoms with Gasteiger partial charge >= 0.3 is 5.88 Å². The molecule has 3 heterocycles. The average molecular weight is 276 g/mol. The molecule has 20 heavy (non-hydrogen) atoms. The Hall–Kier alpha value is -2.48. The first-order valence-corrected chi connectivity index (χ1v) is 6.26. The van der Waals surface area contributed by atoms with Crippen molar-refractivity contribution in [1.82, 2.24) is 10.3 Å². The Kier molecular flexibility index (Phi) is 3.55. The third-order valence-electron chi connectivity index (χ3n) is 2.89. The van der Waals surface area contributed by atoms with Crippen molar-refractivity contribution in [2.45, 2.75) is 0 Å². The summed E-state index contributed by atoms with van der Waals surface area (Å²) in [5.41, 5.74) is 0.460. The Balaban J connectivity index is 1.66. The zero-order valence-corrected chi connectivity index (χ0v) is 10.7. The molecular formula is C12H14N5O3+. The molecule has 0 aromatic carbocycles. The van der Waals surface area contributed by atoms with Gasteiger partial charge in [-0.25, -0.2) is 0 Å². The van der Waals surface area contributed by atoms with Crippen LogP contribution in [0.2, 0.25) is 0 Å². The van der Waals surface area contributed by atoms with Gasteiger partial charge in [-0.3, -0.25) is 19.6 Å². The lowest BCUT2D eigenvalue weighted by molar-refractivity contribution is -0.759. The molecule has 0 radical (unpaired) electrons. The fourth-order valence-electron chi connectivity index (χ4n) is 1.87. The zero-order chi connectivity index (χ0) is 13.8. The highest BCUT2D eigenvalue weighted by Gasteiger charge is 2.23. The topological polar surface area (TPSA) is 84.4 Å². The molecule has 2 aromatic heterocycles. The molecule has 1 N–H and O–H groups in total. The van der Waals surface area contributed by atoms with Crippen LogP contribution < -0.4 is 15.1 Å². The van der Waals surface area contributed by atoms with Crippen LogP contribution >= 0.6 is 0 Å². The molecule has 3 rings (SSSR count). The molecule has 0 saturated carbocycles. The van der Waals surface area contributed by atoms with E-state index in [0.29, 0.717) is 18.8 Å². The number of pyridine rings is 1. The summed E-state index contributed by atoms with van der Waals surface area (Å²) in [6.07, 6.45) is 4.72. The summed E-state index contributed by atoms with van der Waals surface area (Å²) in [5, 5.41) is 8.46. The van der Waals surface area contributed by atoms with E-state index in [1.165, 1.54) is 6.20 Å². The second-order valence-electron chi connectivity index (χ2n) is 4.25. The van der Waals surface area contributed by atoms with Crippen molar-refractivity contribution in [1.29, 1.82) is 0 Å². The van der Waals surface area contributed by atoms with E-state index in [-0.39, 0.29) is 11.8 Å². The quantitative estimate of drug-likeness (QED) is 0.766. The molecule has 8 nitrogen and oxygen atoms in total. The van der Waals surface area contributed by atoms with Crippen molar-refractivity contribution in [3.05, 3.63) is 36.3 Å². The van der Waals surface area contributed by atoms with Crippen molar-refractivity contribution in [3.8, 4) is 0 Å². The van der Waals surface area contributed by atoms with Crippen LogP contribution in [-0.2, 0) is 4.74 Å². The van der Waals surface area contributed by atoms with Gasteiger partial charge in [0.2, 0.25) is 5.27 Å². The second kappa shape index (κ2) is 5.66. The molecule has 0 aliphatic carbocycles. The first kappa shape index (κ1) is 12.5. The molecular weight excluding hydrogens is 262 g/mol. The standard InChI is InChI=1S/C12H13N5O3/c18-12(10-2-1-3-13-8-10)14-11-9-17(15-20-11)16-4-6-19-7-5-16/h1-3,8-9H,4-7H2/p+1. The summed E-state index contributed by atoms with van der Waals surface area (Å²) in [4.78, 5) is 17.4. The largest absolute Gasteiger partial charge is 0.377 e. The number of carbonyl (C=O) groups excluding carboxylic acids is 1. The van der Waals surface area contributed by atoms with Gasteiger partial charge in [0.1, 0.15) is 0 Å². The highest BCUT2D eigenvalue weighted by atomic mass is 16.5. The summed E-state index contributed by atoms with van der Waals surface area (Å²) in [6.45, 7) is 2.76. The summed E-state index contributed by atoms with van der Waals surface area (Å²) >= 11 is 0. The van der Waals surface area contributed by atoms with Crippen molar-refractivity contribution in [2.75, 3.05) is 36.6 Å². The number of hydrogen-bond acceptors (Lipinski definition) is 6. The summed E-state index contributed by atoms with van der Waals surface area (Å²) < 4.78 is 10.3. The van der Waals surface area contributed by atoms with Crippen molar-refractivity contribution >= 4 is 11.8 Å². The number of anilines is 1. The summed E-state index contributed by atoms with van der Waals surface area (Å²) in [5.74, 6) is -0.00581. The zero-order valence-electron chi connectivity index (χ0n) is 10.7. The predicted molar refractivity (Wildman–Crippen MR) is 67.7 cm³/mol. The van der Waals surface area contributed by atoms with Crippen molar-refractivity contribution < 1.29 is 18.8 Å². The van der Waals surface area contributed by atoms with E-state index >= 15 is 0 Å². The van der Waals surface area contributed by atoms with Crippen LogP contribution in [0.4, 0.5) is 5.88 Å². The van der Waals surface area contributed by atoms with E-state index < -0.39 is 0 Å². The van der Waals surface area contributed by atoms with Gasteiger partial charge < -0.3 is 4.74 Å². The van der Waals surface area contributed by atoms with Gasteiger partial charge in [-0.15, -0.1) is 5.01 Å². The molecule has 1 aliphatic heterocycles. The molecule has 0 bridgehead atoms. The number of ether oxygens (including phenoxy) is 1. The average Bonchev–Trinajstić information content (AvgIpc) is 2.97. The monoisotopic (exact) mass is 276 g/mol. The normalized spacial score (nSPS) is 15.1. The molecule has 8 heteroatoms. The van der Waals surface area contributed by atoms with Crippen molar-refractivity contribution in [2.24, 2.45) is 0 Å². The lowest BCUT2D eigenvalue weighted by Gasteiger charge is -2.18. The minimum absolute atomic E-state index is 0.283. The van der Waals surface area contributed by atoms with E-state index in [1.807, 2.05) is 5.01 Å². The Labute approximate surface area is 114 Å². The molecule has 104 valence electrons. The SMILES string of the molecule is O=C(Nc1c[n+](N2CCOCC2)no1)c1cccnc1. The van der Waals surface area contributed by atoms with Crippen LogP contribution in [0.1, 0.15) is 10.4 Å². The minimum Gasteiger partial charge on any atom is -0.377 e. The van der Waals surface area contributed by atoms with Crippen LogP contribution in [0.15, 0.2) is 35.2 Å². The number of carbonyl (C=O) groups is 1. The van der Waals surface area contributed by atoms with Crippen LogP contribution in [0.3, 0.4) is 0 Å². The Bertz CT molecular complexity index is 580. The molecule has 1 aliphatic rings. The van der Waals surface area contributed by atoms with E-state index in [2.05, 4.69) is 15.6 Å². The van der Waals surface area contributed by atoms with Crippen LogP contribution in [0.25, 0.3) is 0 Å². The number of hydrogen-bond donors (Lipinski definition) is 1. The van der Waals surface area contributed by atoms with Crippen molar-refractivity contribution in [3.63, 3.8) is 0 Å². The van der Waals surface area contributed by atoms with E-state index in [1.54, 1.807) is 29.3 Å². The maximum atomic E-state index is 11.9. The highest BCUT2D eigenvalue weighted by Crippen LogP contribution is 2.05. The molecule has 1 fully saturated rings. The molecule has 0 atom stereocenters. The van der Waals surface area contributed by atoms with E-state index in [0.717, 1.165) is 13.1 Å². The van der Waals surface area contributed by atoms with Gasteiger partial charge in [-0.05, 0) is 12.1 Å². The minimum atomic E-state index is -0.289. The number of amides is 1. The van der Waals surface area contributed by atoms with Crippen LogP contribution in [0.5, 0.6) is 0 Å². The van der Waals surface area contributed by atoms with Crippen LogP contribution in [0, 0.1) is 0 Å². The summed E-state index contributed by atoms with van der Waals surface area (Å²) in [6, 6.07) is 3.37. The molecule has 0 unspecified atom stereocenters. The molecule has 1 saturated heterocycles. The van der Waals surface area contributed by atoms with Gasteiger partial charge in [0.05, 0.1) is 36.7 Å². The lowest BCUT2D eigenvalue weighted by Crippen LogP contribution is -2.62. The lowest BCUT2D eigenvalue weighted by atomic mass is 10.3. The van der Waals surface area contributed by atoms with Crippen LogP contribution in [-0.4, -0.2) is 42.5 Å². The second-order valence-corrected chi connectivity index (χ2v) is 4.25. The summed E-state index contributed by atoms with van der Waals surface area (Å²) in [7, 11) is 0. The molecule has 0 spiro atoms. The maximum Gasteiger partial charge on any atom is 0.306 e. The number of rotatable bonds is 3. The fourth-order valence-corrected chi connectivity index (χ4v) is 1.87. The third-order valence-corrected chi connectivity index (χ3v) is 2.89. The molecule has 2 aromatic rings. The number of aromatic nitrogens is 3. The van der Waals surface area contributed by atoms with Gasteiger partial charge in [0, 0.05) is 12.4 Å². The Morgan fingerprint density at radius 3 is 3.00 bits per heavy atom. The number of nitrogens with zero attached hydrogens (tertiary/aromatic N) is 4. The van der Waals surface area contributed by atoms with E-state index in [9.17, 15) is 4.79 Å². The Morgan fingerprint density at radius 1 is 1.40 bits per heavy atom. The van der Waals surface area contributed by atoms with Gasteiger partial charge in [0.25, 0.3) is 12.1 Å². The van der Waals surface area contributed by atoms with Gasteiger partial charge in [0.15, 0.2) is 0 Å². The number of nitrogens with one attached hydrogen (secondary N) is 1. The highest BCUT2D eigenvalue weighted by molar-refractivity contribution is 6.03. The third kappa shape index (κ3) is 2.75. The fraction of sp³-hybridized carbons (Fsp3) is 0.333. The smallest absolute Gasteiger partial charge is 0.306 e. The first-order valence-electron chi connectivity index (χ1n) is 6.26. The maximum absolute atomic E-state index is 11.9. The van der Waals surface area contributed by atoms with Gasteiger partial charge in [-0.1, -0.05) is 0 Å². The van der Waals surface area contributed by atoms with E-state index in [4.69, 9.17) is 9.26 Å². The Morgan fingerprint density at radius 2 is 2.25 bits per heavy atom.